The maximum atomic E-state index is 9.76. The molecule has 1 N–H and O–H groups in total. The first-order chi connectivity index (χ1) is 8.31. The van der Waals surface area contributed by atoms with Crippen molar-refractivity contribution in [3.63, 3.8) is 0 Å². The molecule has 2 atom stereocenters. The summed E-state index contributed by atoms with van der Waals surface area (Å²) in [5.41, 5.74) is 10.1. The summed E-state index contributed by atoms with van der Waals surface area (Å²) in [6.45, 7) is 0. The second kappa shape index (κ2) is 3.66. The number of benzene rings is 1. The van der Waals surface area contributed by atoms with Crippen molar-refractivity contribution in [3.8, 4) is 0 Å². The number of aliphatic hydroxyl groups is 1. The van der Waals surface area contributed by atoms with Crippen LogP contribution in [0.4, 0.5) is 0 Å². The Bertz CT molecular complexity index is 653. The van der Waals surface area contributed by atoms with Gasteiger partial charge in [-0.1, -0.05) is 35.5 Å². The molecule has 2 aromatic rings. The molecule has 0 saturated heterocycles. The van der Waals surface area contributed by atoms with Crippen LogP contribution in [0, 0.1) is 0 Å². The van der Waals surface area contributed by atoms with Gasteiger partial charge in [0.2, 0.25) is 0 Å². The summed E-state index contributed by atoms with van der Waals surface area (Å²) in [4.78, 5) is 2.75. The van der Waals surface area contributed by atoms with Crippen LogP contribution >= 0.6 is 0 Å². The van der Waals surface area contributed by atoms with Gasteiger partial charge in [0.1, 0.15) is 17.4 Å². The van der Waals surface area contributed by atoms with Gasteiger partial charge in [-0.25, -0.2) is 0 Å². The van der Waals surface area contributed by atoms with Gasteiger partial charge in [-0.3, -0.25) is 0 Å². The highest BCUT2D eigenvalue weighted by atomic mass is 16.3. The van der Waals surface area contributed by atoms with E-state index in [1.807, 2.05) is 24.3 Å². The summed E-state index contributed by atoms with van der Waals surface area (Å²) >= 11 is 0. The van der Waals surface area contributed by atoms with E-state index in [9.17, 15) is 5.11 Å². The smallest absolute Gasteiger partial charge is 0.134 e. The van der Waals surface area contributed by atoms with Crippen LogP contribution in [0.3, 0.4) is 0 Å². The number of furan rings is 1. The fourth-order valence-electron chi connectivity index (χ4n) is 2.11. The Kier molecular flexibility index (Phi) is 2.14. The monoisotopic (exact) mass is 227 g/mol. The van der Waals surface area contributed by atoms with E-state index in [0.717, 1.165) is 16.5 Å². The van der Waals surface area contributed by atoms with Gasteiger partial charge in [0.05, 0.1) is 6.10 Å². The first-order valence-corrected chi connectivity index (χ1v) is 5.23. The predicted octanol–water partition coefficient (Wildman–Crippen LogP) is 3.17. The lowest BCUT2D eigenvalue weighted by atomic mass is 9.97. The highest BCUT2D eigenvalue weighted by Crippen LogP contribution is 2.37. The first kappa shape index (κ1) is 9.96. The molecule has 1 aromatic carbocycles. The topological polar surface area (TPSA) is 82.1 Å². The van der Waals surface area contributed by atoms with Crippen LogP contribution in [0.2, 0.25) is 0 Å². The van der Waals surface area contributed by atoms with E-state index < -0.39 is 12.1 Å². The molecule has 0 aliphatic heterocycles. The van der Waals surface area contributed by atoms with E-state index in [-0.39, 0.29) is 0 Å². The summed E-state index contributed by atoms with van der Waals surface area (Å²) in [7, 11) is 0. The molecule has 0 amide bonds. The van der Waals surface area contributed by atoms with Crippen LogP contribution in [0.5, 0.6) is 0 Å². The van der Waals surface area contributed by atoms with E-state index in [4.69, 9.17) is 9.95 Å². The third kappa shape index (κ3) is 1.41. The van der Waals surface area contributed by atoms with Crippen molar-refractivity contribution in [3.05, 3.63) is 52.1 Å². The molecule has 1 aromatic heterocycles. The lowest BCUT2D eigenvalue weighted by molar-refractivity contribution is 0.180. The fraction of sp³-hybridized carbons (Fsp3) is 0.167. The molecule has 17 heavy (non-hydrogen) atoms. The SMILES string of the molecule is [N-]=[N+]=NC1c2oc3ccccc3c2C=CC1O. The number of hydrogen-bond acceptors (Lipinski definition) is 3. The Morgan fingerprint density at radius 1 is 1.35 bits per heavy atom. The van der Waals surface area contributed by atoms with Gasteiger partial charge in [0.25, 0.3) is 0 Å². The maximum Gasteiger partial charge on any atom is 0.134 e. The van der Waals surface area contributed by atoms with Crippen LogP contribution in [0.15, 0.2) is 39.9 Å². The Hall–Kier alpha value is -2.23. The Balaban J connectivity index is 2.29. The largest absolute Gasteiger partial charge is 0.460 e. The third-order valence-electron chi connectivity index (χ3n) is 2.89. The highest BCUT2D eigenvalue weighted by Gasteiger charge is 2.28. The molecule has 3 rings (SSSR count). The van der Waals surface area contributed by atoms with Crippen molar-refractivity contribution in [1.82, 2.24) is 0 Å². The molecule has 0 spiro atoms. The molecule has 0 saturated carbocycles. The Labute approximate surface area is 96.6 Å². The highest BCUT2D eigenvalue weighted by molar-refractivity contribution is 5.89. The van der Waals surface area contributed by atoms with E-state index in [0.29, 0.717) is 5.76 Å². The summed E-state index contributed by atoms with van der Waals surface area (Å²) < 4.78 is 5.65. The predicted molar refractivity (Wildman–Crippen MR) is 63.1 cm³/mol. The number of aliphatic hydroxyl groups excluding tert-OH is 1. The van der Waals surface area contributed by atoms with Gasteiger partial charge in [-0.15, -0.1) is 0 Å². The lowest BCUT2D eigenvalue weighted by Gasteiger charge is -2.17. The second-order valence-corrected chi connectivity index (χ2v) is 3.88. The quantitative estimate of drug-likeness (QED) is 0.461. The summed E-state index contributed by atoms with van der Waals surface area (Å²) in [6, 6.07) is 6.89. The Morgan fingerprint density at radius 2 is 2.18 bits per heavy atom. The van der Waals surface area contributed by atoms with Crippen molar-refractivity contribution in [2.45, 2.75) is 12.1 Å². The second-order valence-electron chi connectivity index (χ2n) is 3.88. The maximum absolute atomic E-state index is 9.76. The first-order valence-electron chi connectivity index (χ1n) is 5.23. The van der Waals surface area contributed by atoms with E-state index >= 15 is 0 Å². The molecule has 0 bridgehead atoms. The number of azide groups is 1. The third-order valence-corrected chi connectivity index (χ3v) is 2.89. The average molecular weight is 227 g/mol. The van der Waals surface area contributed by atoms with Crippen molar-refractivity contribution in [1.29, 1.82) is 0 Å². The number of fused-ring (bicyclic) bond motifs is 3. The zero-order valence-corrected chi connectivity index (χ0v) is 8.82. The molecule has 0 radical (unpaired) electrons. The zero-order valence-electron chi connectivity index (χ0n) is 8.82. The van der Waals surface area contributed by atoms with E-state index in [1.165, 1.54) is 0 Å². The molecule has 1 heterocycles. The van der Waals surface area contributed by atoms with Crippen LogP contribution < -0.4 is 0 Å². The van der Waals surface area contributed by atoms with E-state index in [2.05, 4.69) is 10.0 Å². The normalized spacial score (nSPS) is 22.2. The Morgan fingerprint density at radius 3 is 3.00 bits per heavy atom. The van der Waals surface area contributed by atoms with Gasteiger partial charge in [0.15, 0.2) is 0 Å². The van der Waals surface area contributed by atoms with Crippen LogP contribution in [-0.4, -0.2) is 11.2 Å². The molecule has 2 unspecified atom stereocenters. The minimum absolute atomic E-state index is 0.527. The number of para-hydroxylation sites is 1. The molecule has 5 nitrogen and oxygen atoms in total. The zero-order chi connectivity index (χ0) is 11.8. The number of nitrogens with zero attached hydrogens (tertiary/aromatic N) is 3. The molecule has 84 valence electrons. The summed E-state index contributed by atoms with van der Waals surface area (Å²) in [6.07, 6.45) is 2.58. The van der Waals surface area contributed by atoms with Gasteiger partial charge in [0, 0.05) is 15.9 Å². The molecule has 0 fully saturated rings. The van der Waals surface area contributed by atoms with Crippen LogP contribution in [0.25, 0.3) is 27.5 Å². The lowest BCUT2D eigenvalue weighted by Crippen LogP contribution is -2.16. The summed E-state index contributed by atoms with van der Waals surface area (Å²) in [5, 5.41) is 14.3. The minimum Gasteiger partial charge on any atom is -0.460 e. The van der Waals surface area contributed by atoms with Gasteiger partial charge < -0.3 is 9.52 Å². The summed E-state index contributed by atoms with van der Waals surface area (Å²) in [5.74, 6) is 0.527. The number of hydrogen-bond donors (Lipinski definition) is 1. The minimum atomic E-state index is -0.834. The molecule has 5 heteroatoms. The van der Waals surface area contributed by atoms with Gasteiger partial charge >= 0.3 is 0 Å². The van der Waals surface area contributed by atoms with Crippen molar-refractivity contribution in [2.75, 3.05) is 0 Å². The van der Waals surface area contributed by atoms with Gasteiger partial charge in [-0.05, 0) is 11.6 Å². The molecular formula is C12H9N3O2. The molecule has 1 aliphatic rings. The fourth-order valence-corrected chi connectivity index (χ4v) is 2.11. The van der Waals surface area contributed by atoms with Crippen LogP contribution in [-0.2, 0) is 0 Å². The van der Waals surface area contributed by atoms with E-state index in [1.54, 1.807) is 12.2 Å². The average Bonchev–Trinajstić information content (AvgIpc) is 2.72. The van der Waals surface area contributed by atoms with Crippen molar-refractivity contribution < 1.29 is 9.52 Å². The standard InChI is InChI=1S/C12H9N3O2/c13-15-14-11-9(16)6-5-8-7-3-1-2-4-10(7)17-12(8)11/h1-6,9,11,16H. The molecule has 1 aliphatic carbocycles. The van der Waals surface area contributed by atoms with Gasteiger partial charge in [-0.2, -0.15) is 0 Å². The van der Waals surface area contributed by atoms with Crippen LogP contribution in [0.1, 0.15) is 17.4 Å². The van der Waals surface area contributed by atoms with Crippen molar-refractivity contribution >= 4 is 17.0 Å². The number of rotatable bonds is 1. The molecular weight excluding hydrogens is 218 g/mol. The van der Waals surface area contributed by atoms with Crippen molar-refractivity contribution in [2.24, 2.45) is 5.11 Å².